The van der Waals surface area contributed by atoms with Crippen LogP contribution < -0.4 is 0 Å². The number of fused-ring (bicyclic) bond motifs is 6. The Labute approximate surface area is 123 Å². The van der Waals surface area contributed by atoms with E-state index in [4.69, 9.17) is 23.7 Å². The molecule has 4 aliphatic heterocycles. The maximum Gasteiger partial charge on any atom is 0.341 e. The van der Waals surface area contributed by atoms with Crippen LogP contribution in [0, 0.1) is 0 Å². The van der Waals surface area contributed by atoms with Gasteiger partial charge in [0.15, 0.2) is 5.60 Å². The van der Waals surface area contributed by atoms with E-state index >= 15 is 0 Å². The van der Waals surface area contributed by atoms with Crippen LogP contribution in [0.5, 0.6) is 0 Å². The molecule has 1 spiro atoms. The molecule has 116 valence electrons. The molecule has 4 saturated heterocycles. The van der Waals surface area contributed by atoms with Crippen molar-refractivity contribution in [3.05, 3.63) is 0 Å². The van der Waals surface area contributed by atoms with Crippen molar-refractivity contribution in [3.63, 3.8) is 0 Å². The highest BCUT2D eigenvalue weighted by molar-refractivity contribution is 5.80. The molecule has 1 aliphatic carbocycles. The van der Waals surface area contributed by atoms with Crippen molar-refractivity contribution in [3.8, 4) is 0 Å². The third-order valence-corrected chi connectivity index (χ3v) is 5.54. The van der Waals surface area contributed by atoms with Crippen LogP contribution in [0.25, 0.3) is 0 Å². The summed E-state index contributed by atoms with van der Waals surface area (Å²) < 4.78 is 29.5. The summed E-state index contributed by atoms with van der Waals surface area (Å²) in [6, 6.07) is 0. The van der Waals surface area contributed by atoms with Gasteiger partial charge in [-0.15, -0.1) is 0 Å². The van der Waals surface area contributed by atoms with Crippen LogP contribution in [-0.4, -0.2) is 48.6 Å². The summed E-state index contributed by atoms with van der Waals surface area (Å²) >= 11 is 0. The third kappa shape index (κ3) is 1.76. The lowest BCUT2D eigenvalue weighted by Crippen LogP contribution is -2.63. The quantitative estimate of drug-likeness (QED) is 0.627. The fourth-order valence-corrected chi connectivity index (χ4v) is 4.46. The number of esters is 1. The molecule has 0 aromatic heterocycles. The SMILES string of the molecule is O=C1O[C@@H]2O[C@H]3[C@@H](O[C@@H]2OC12CCCCC2)[C@@H]1CC[C@H]3O1. The largest absolute Gasteiger partial charge is 0.428 e. The maximum atomic E-state index is 12.4. The zero-order valence-electron chi connectivity index (χ0n) is 11.9. The lowest BCUT2D eigenvalue weighted by molar-refractivity contribution is -0.395. The van der Waals surface area contributed by atoms with Gasteiger partial charge in [0.25, 0.3) is 6.29 Å². The fraction of sp³-hybridized carbons (Fsp3) is 0.933. The van der Waals surface area contributed by atoms with Crippen LogP contribution >= 0.6 is 0 Å². The molecule has 5 aliphatic rings. The fourth-order valence-electron chi connectivity index (χ4n) is 4.46. The topological polar surface area (TPSA) is 63.2 Å². The van der Waals surface area contributed by atoms with Crippen LogP contribution in [0.4, 0.5) is 0 Å². The minimum Gasteiger partial charge on any atom is -0.428 e. The highest BCUT2D eigenvalue weighted by Crippen LogP contribution is 2.46. The van der Waals surface area contributed by atoms with Crippen LogP contribution in [0.1, 0.15) is 44.9 Å². The first-order valence-electron chi connectivity index (χ1n) is 8.10. The van der Waals surface area contributed by atoms with Gasteiger partial charge < -0.3 is 23.7 Å². The molecule has 0 aromatic carbocycles. The van der Waals surface area contributed by atoms with E-state index in [1.807, 2.05) is 0 Å². The smallest absolute Gasteiger partial charge is 0.341 e. The summed E-state index contributed by atoms with van der Waals surface area (Å²) in [6.07, 6.45) is 5.19. The normalized spacial score (nSPS) is 50.6. The Morgan fingerprint density at radius 3 is 2.24 bits per heavy atom. The molecular formula is C15H20O6. The average Bonchev–Trinajstić information content (AvgIpc) is 3.09. The van der Waals surface area contributed by atoms with Crippen LogP contribution in [-0.2, 0) is 28.5 Å². The van der Waals surface area contributed by atoms with Gasteiger partial charge in [0.2, 0.25) is 6.29 Å². The van der Waals surface area contributed by atoms with E-state index in [-0.39, 0.29) is 30.4 Å². The number of hydrogen-bond acceptors (Lipinski definition) is 6. The van der Waals surface area contributed by atoms with E-state index in [2.05, 4.69) is 0 Å². The zero-order valence-corrected chi connectivity index (χ0v) is 11.9. The molecule has 6 heteroatoms. The van der Waals surface area contributed by atoms with Gasteiger partial charge in [-0.3, -0.25) is 0 Å². The van der Waals surface area contributed by atoms with E-state index in [1.165, 1.54) is 0 Å². The lowest BCUT2D eigenvalue weighted by Gasteiger charge is -2.49. The van der Waals surface area contributed by atoms with Crippen molar-refractivity contribution in [2.24, 2.45) is 0 Å². The summed E-state index contributed by atoms with van der Waals surface area (Å²) in [7, 11) is 0. The first kappa shape index (κ1) is 12.8. The van der Waals surface area contributed by atoms with E-state index in [0.29, 0.717) is 0 Å². The monoisotopic (exact) mass is 296 g/mol. The van der Waals surface area contributed by atoms with Crippen LogP contribution in [0.2, 0.25) is 0 Å². The Balaban J connectivity index is 1.38. The van der Waals surface area contributed by atoms with Crippen molar-refractivity contribution >= 4 is 5.97 Å². The van der Waals surface area contributed by atoms with Crippen LogP contribution in [0.3, 0.4) is 0 Å². The Morgan fingerprint density at radius 2 is 1.52 bits per heavy atom. The van der Waals surface area contributed by atoms with E-state index < -0.39 is 18.2 Å². The molecule has 2 bridgehead atoms. The van der Waals surface area contributed by atoms with Crippen molar-refractivity contribution in [2.45, 2.75) is 87.5 Å². The van der Waals surface area contributed by atoms with Gasteiger partial charge in [0, 0.05) is 0 Å². The summed E-state index contributed by atoms with van der Waals surface area (Å²) in [5, 5.41) is 0. The standard InChI is InChI=1S/C15H20O6/c16-14-15(6-2-1-3-7-15)21-13-12(20-14)18-10-8-4-5-9(17-8)11(10)19-13/h8-13H,1-7H2/t8-,9+,10-,11+,12+,13-/m1/s1. The predicted molar refractivity (Wildman–Crippen MR) is 68.2 cm³/mol. The summed E-state index contributed by atoms with van der Waals surface area (Å²) in [6.45, 7) is 0. The van der Waals surface area contributed by atoms with Crippen LogP contribution in [0.15, 0.2) is 0 Å². The Kier molecular flexibility index (Phi) is 2.69. The number of carbonyl (C=O) groups is 1. The molecule has 0 amide bonds. The highest BCUT2D eigenvalue weighted by Gasteiger charge is 2.61. The molecule has 1 saturated carbocycles. The zero-order chi connectivity index (χ0) is 14.0. The van der Waals surface area contributed by atoms with Crippen molar-refractivity contribution < 1.29 is 28.5 Å². The molecule has 21 heavy (non-hydrogen) atoms. The highest BCUT2D eigenvalue weighted by atomic mass is 16.8. The molecule has 6 atom stereocenters. The molecule has 0 radical (unpaired) electrons. The minimum absolute atomic E-state index is 0.0743. The van der Waals surface area contributed by atoms with Crippen molar-refractivity contribution in [1.82, 2.24) is 0 Å². The van der Waals surface area contributed by atoms with E-state index in [1.54, 1.807) is 0 Å². The van der Waals surface area contributed by atoms with Gasteiger partial charge in [-0.2, -0.15) is 0 Å². The molecule has 4 heterocycles. The molecule has 5 fully saturated rings. The van der Waals surface area contributed by atoms with Crippen molar-refractivity contribution in [2.75, 3.05) is 0 Å². The van der Waals surface area contributed by atoms with Gasteiger partial charge in [0.1, 0.15) is 12.2 Å². The van der Waals surface area contributed by atoms with Gasteiger partial charge in [0.05, 0.1) is 12.2 Å². The van der Waals surface area contributed by atoms with Gasteiger partial charge in [-0.05, 0) is 38.5 Å². The number of carbonyl (C=O) groups excluding carboxylic acids is 1. The van der Waals surface area contributed by atoms with E-state index in [9.17, 15) is 4.79 Å². The Morgan fingerprint density at radius 1 is 0.857 bits per heavy atom. The third-order valence-electron chi connectivity index (χ3n) is 5.54. The summed E-state index contributed by atoms with van der Waals surface area (Å²) in [5.74, 6) is -0.283. The molecular weight excluding hydrogens is 276 g/mol. The second-order valence-electron chi connectivity index (χ2n) is 6.81. The molecule has 5 rings (SSSR count). The number of hydrogen-bond donors (Lipinski definition) is 0. The minimum atomic E-state index is -0.811. The second-order valence-corrected chi connectivity index (χ2v) is 6.81. The molecule has 0 aromatic rings. The number of rotatable bonds is 0. The molecule has 6 nitrogen and oxygen atoms in total. The second kappa shape index (κ2) is 4.41. The maximum absolute atomic E-state index is 12.4. The Hall–Kier alpha value is -0.690. The van der Waals surface area contributed by atoms with E-state index in [0.717, 1.165) is 44.9 Å². The lowest BCUT2D eigenvalue weighted by atomic mass is 9.84. The number of ether oxygens (including phenoxy) is 5. The molecule has 0 unspecified atom stereocenters. The predicted octanol–water partition coefficient (Wildman–Crippen LogP) is 1.26. The van der Waals surface area contributed by atoms with Gasteiger partial charge >= 0.3 is 5.97 Å². The summed E-state index contributed by atoms with van der Waals surface area (Å²) in [5.41, 5.74) is -0.811. The van der Waals surface area contributed by atoms with Gasteiger partial charge in [-0.25, -0.2) is 4.79 Å². The van der Waals surface area contributed by atoms with Gasteiger partial charge in [-0.1, -0.05) is 6.42 Å². The Bertz CT molecular complexity index is 459. The first-order valence-corrected chi connectivity index (χ1v) is 8.10. The average molecular weight is 296 g/mol. The first-order chi connectivity index (χ1) is 10.3. The molecule has 0 N–H and O–H groups in total. The van der Waals surface area contributed by atoms with Crippen molar-refractivity contribution in [1.29, 1.82) is 0 Å². The summed E-state index contributed by atoms with van der Waals surface area (Å²) in [4.78, 5) is 12.4.